The Morgan fingerprint density at radius 3 is 2.11 bits per heavy atom. The fourth-order valence-electron chi connectivity index (χ4n) is 1.89. The van der Waals surface area contributed by atoms with E-state index in [4.69, 9.17) is 5.73 Å². The molecule has 1 unspecified atom stereocenters. The zero-order valence-corrected chi connectivity index (χ0v) is 10.8. The molecule has 18 heavy (non-hydrogen) atoms. The van der Waals surface area contributed by atoms with Gasteiger partial charge in [0.15, 0.2) is 0 Å². The lowest BCUT2D eigenvalue weighted by molar-refractivity contribution is 0.767. The van der Waals surface area contributed by atoms with Crippen molar-refractivity contribution in [1.82, 2.24) is 0 Å². The quantitative estimate of drug-likeness (QED) is 0.804. The van der Waals surface area contributed by atoms with Gasteiger partial charge in [-0.15, -0.1) is 0 Å². The average Bonchev–Trinajstić information content (AvgIpc) is 2.40. The van der Waals surface area contributed by atoms with Gasteiger partial charge < -0.3 is 5.73 Å². The van der Waals surface area contributed by atoms with Gasteiger partial charge in [-0.05, 0) is 30.0 Å². The molecule has 2 N–H and O–H groups in total. The Kier molecular flexibility index (Phi) is 3.96. The SMILES string of the molecule is C=C(C)C(N)Cc1ccc(-c2ccccc2)cc1. The first kappa shape index (κ1) is 12.6. The third-order valence-corrected chi connectivity index (χ3v) is 3.15. The molecule has 0 saturated heterocycles. The first-order valence-electron chi connectivity index (χ1n) is 6.22. The Morgan fingerprint density at radius 1 is 1.00 bits per heavy atom. The number of nitrogens with two attached hydrogens (primary N) is 1. The van der Waals surface area contributed by atoms with Gasteiger partial charge in [-0.2, -0.15) is 0 Å². The Morgan fingerprint density at radius 2 is 1.56 bits per heavy atom. The summed E-state index contributed by atoms with van der Waals surface area (Å²) in [5.41, 5.74) is 10.8. The van der Waals surface area contributed by atoms with Crippen molar-refractivity contribution in [2.45, 2.75) is 19.4 Å². The zero-order chi connectivity index (χ0) is 13.0. The summed E-state index contributed by atoms with van der Waals surface area (Å²) in [5.74, 6) is 0. The Bertz CT molecular complexity index is 511. The Labute approximate surface area is 109 Å². The predicted molar refractivity (Wildman–Crippen MR) is 78.4 cm³/mol. The van der Waals surface area contributed by atoms with Crippen LogP contribution in [0.25, 0.3) is 11.1 Å². The second-order valence-electron chi connectivity index (χ2n) is 4.72. The second kappa shape index (κ2) is 5.65. The highest BCUT2D eigenvalue weighted by atomic mass is 14.6. The van der Waals surface area contributed by atoms with Crippen LogP contribution in [-0.4, -0.2) is 6.04 Å². The molecule has 1 nitrogen and oxygen atoms in total. The monoisotopic (exact) mass is 237 g/mol. The van der Waals surface area contributed by atoms with E-state index < -0.39 is 0 Å². The van der Waals surface area contributed by atoms with Crippen molar-refractivity contribution < 1.29 is 0 Å². The lowest BCUT2D eigenvalue weighted by Gasteiger charge is -2.11. The first-order valence-corrected chi connectivity index (χ1v) is 6.22. The van der Waals surface area contributed by atoms with E-state index in [0.29, 0.717) is 0 Å². The van der Waals surface area contributed by atoms with Crippen molar-refractivity contribution in [3.05, 3.63) is 72.3 Å². The van der Waals surface area contributed by atoms with Gasteiger partial charge in [0.1, 0.15) is 0 Å². The molecule has 0 amide bonds. The van der Waals surface area contributed by atoms with Crippen LogP contribution in [0, 0.1) is 0 Å². The third-order valence-electron chi connectivity index (χ3n) is 3.15. The van der Waals surface area contributed by atoms with Gasteiger partial charge in [-0.25, -0.2) is 0 Å². The van der Waals surface area contributed by atoms with Crippen LogP contribution < -0.4 is 5.73 Å². The number of rotatable bonds is 4. The van der Waals surface area contributed by atoms with E-state index in [9.17, 15) is 0 Å². The zero-order valence-electron chi connectivity index (χ0n) is 10.8. The second-order valence-corrected chi connectivity index (χ2v) is 4.72. The van der Waals surface area contributed by atoms with Crippen molar-refractivity contribution in [3.63, 3.8) is 0 Å². The van der Waals surface area contributed by atoms with Gasteiger partial charge in [-0.3, -0.25) is 0 Å². The number of benzene rings is 2. The minimum atomic E-state index is 0.0487. The maximum Gasteiger partial charge on any atom is 0.0289 e. The standard InChI is InChI=1S/C17H19N/c1-13(2)17(18)12-14-8-10-16(11-9-14)15-6-4-3-5-7-15/h3-11,17H,1,12,18H2,2H3. The maximum absolute atomic E-state index is 6.00. The highest BCUT2D eigenvalue weighted by Gasteiger charge is 2.04. The molecule has 92 valence electrons. The summed E-state index contributed by atoms with van der Waals surface area (Å²) < 4.78 is 0. The topological polar surface area (TPSA) is 26.0 Å². The average molecular weight is 237 g/mol. The molecule has 0 aliphatic carbocycles. The maximum atomic E-state index is 6.00. The molecular formula is C17H19N. The summed E-state index contributed by atoms with van der Waals surface area (Å²) >= 11 is 0. The minimum Gasteiger partial charge on any atom is -0.324 e. The molecule has 0 aromatic heterocycles. The summed E-state index contributed by atoms with van der Waals surface area (Å²) in [6.07, 6.45) is 0.852. The lowest BCUT2D eigenvalue weighted by atomic mass is 9.99. The molecule has 2 aromatic carbocycles. The number of hydrogen-bond donors (Lipinski definition) is 1. The van der Waals surface area contributed by atoms with E-state index in [0.717, 1.165) is 12.0 Å². The van der Waals surface area contributed by atoms with Gasteiger partial charge in [0.2, 0.25) is 0 Å². The summed E-state index contributed by atoms with van der Waals surface area (Å²) in [6, 6.07) is 19.0. The lowest BCUT2D eigenvalue weighted by Crippen LogP contribution is -2.23. The van der Waals surface area contributed by atoms with Crippen LogP contribution in [0.4, 0.5) is 0 Å². The molecule has 1 heteroatoms. The fourth-order valence-corrected chi connectivity index (χ4v) is 1.89. The Balaban J connectivity index is 2.13. The summed E-state index contributed by atoms with van der Waals surface area (Å²) in [4.78, 5) is 0. The van der Waals surface area contributed by atoms with Crippen molar-refractivity contribution in [2.75, 3.05) is 0 Å². The van der Waals surface area contributed by atoms with E-state index in [2.05, 4.69) is 55.1 Å². The smallest absolute Gasteiger partial charge is 0.0289 e. The van der Waals surface area contributed by atoms with Gasteiger partial charge in [-0.1, -0.05) is 66.7 Å². The number of hydrogen-bond acceptors (Lipinski definition) is 1. The highest BCUT2D eigenvalue weighted by Crippen LogP contribution is 2.19. The molecule has 2 aromatic rings. The van der Waals surface area contributed by atoms with E-state index >= 15 is 0 Å². The van der Waals surface area contributed by atoms with Crippen LogP contribution in [0.2, 0.25) is 0 Å². The van der Waals surface area contributed by atoms with Crippen LogP contribution >= 0.6 is 0 Å². The summed E-state index contributed by atoms with van der Waals surface area (Å²) in [7, 11) is 0. The van der Waals surface area contributed by atoms with Crippen molar-refractivity contribution >= 4 is 0 Å². The minimum absolute atomic E-state index is 0.0487. The molecule has 0 fully saturated rings. The van der Waals surface area contributed by atoms with Crippen molar-refractivity contribution in [3.8, 4) is 11.1 Å². The van der Waals surface area contributed by atoms with Crippen LogP contribution in [-0.2, 0) is 6.42 Å². The largest absolute Gasteiger partial charge is 0.324 e. The van der Waals surface area contributed by atoms with E-state index in [1.54, 1.807) is 0 Å². The summed E-state index contributed by atoms with van der Waals surface area (Å²) in [6.45, 7) is 5.87. The third kappa shape index (κ3) is 3.08. The van der Waals surface area contributed by atoms with Crippen LogP contribution in [0.1, 0.15) is 12.5 Å². The normalized spacial score (nSPS) is 12.1. The van der Waals surface area contributed by atoms with Crippen LogP contribution in [0.3, 0.4) is 0 Å². The molecule has 0 saturated carbocycles. The van der Waals surface area contributed by atoms with Crippen LogP contribution in [0.15, 0.2) is 66.7 Å². The van der Waals surface area contributed by atoms with Gasteiger partial charge >= 0.3 is 0 Å². The molecule has 0 spiro atoms. The summed E-state index contributed by atoms with van der Waals surface area (Å²) in [5, 5.41) is 0. The Hall–Kier alpha value is -1.86. The molecule has 2 rings (SSSR count). The van der Waals surface area contributed by atoms with Crippen molar-refractivity contribution in [1.29, 1.82) is 0 Å². The molecule has 0 radical (unpaired) electrons. The molecule has 1 atom stereocenters. The fraction of sp³-hybridized carbons (Fsp3) is 0.176. The van der Waals surface area contributed by atoms with E-state index in [-0.39, 0.29) is 6.04 Å². The van der Waals surface area contributed by atoms with Gasteiger partial charge in [0, 0.05) is 6.04 Å². The first-order chi connectivity index (χ1) is 8.66. The molecule has 0 aliphatic rings. The van der Waals surface area contributed by atoms with E-state index in [1.165, 1.54) is 16.7 Å². The van der Waals surface area contributed by atoms with Crippen molar-refractivity contribution in [2.24, 2.45) is 5.73 Å². The van der Waals surface area contributed by atoms with Gasteiger partial charge in [0.25, 0.3) is 0 Å². The molecule has 0 bridgehead atoms. The molecular weight excluding hydrogens is 218 g/mol. The molecule has 0 heterocycles. The van der Waals surface area contributed by atoms with Crippen LogP contribution in [0.5, 0.6) is 0 Å². The van der Waals surface area contributed by atoms with E-state index in [1.807, 2.05) is 13.0 Å². The molecule has 0 aliphatic heterocycles. The predicted octanol–water partition coefficient (Wildman–Crippen LogP) is 3.80. The highest BCUT2D eigenvalue weighted by molar-refractivity contribution is 5.63. The van der Waals surface area contributed by atoms with Gasteiger partial charge in [0.05, 0.1) is 0 Å².